The second kappa shape index (κ2) is 4.20. The lowest BCUT2D eigenvalue weighted by Gasteiger charge is -2.27. The fraction of sp³-hybridized carbons (Fsp3) is 0.750. The number of nitrogens with one attached hydrogen (secondary N) is 2. The first-order valence-corrected chi connectivity index (χ1v) is 5.40. The first kappa shape index (κ1) is 9.82. The topological polar surface area (TPSA) is 59.1 Å². The third-order valence-electron chi connectivity index (χ3n) is 2.27. The van der Waals surface area contributed by atoms with Gasteiger partial charge in [0.15, 0.2) is 5.82 Å². The third kappa shape index (κ3) is 2.02. The summed E-state index contributed by atoms with van der Waals surface area (Å²) >= 11 is 1.39. The molecule has 2 heterocycles. The lowest BCUT2D eigenvalue weighted by atomic mass is 10.2. The van der Waals surface area contributed by atoms with Gasteiger partial charge in [0.05, 0.1) is 6.04 Å². The van der Waals surface area contributed by atoms with Crippen molar-refractivity contribution < 1.29 is 4.74 Å². The molecule has 78 valence electrons. The van der Waals surface area contributed by atoms with Crippen molar-refractivity contribution in [3.63, 3.8) is 0 Å². The summed E-state index contributed by atoms with van der Waals surface area (Å²) in [5, 5.41) is 7.38. The van der Waals surface area contributed by atoms with Crippen LogP contribution in [0.15, 0.2) is 0 Å². The van der Waals surface area contributed by atoms with E-state index in [2.05, 4.69) is 20.0 Å². The lowest BCUT2D eigenvalue weighted by molar-refractivity contribution is 0.113. The monoisotopic (exact) mass is 214 g/mol. The van der Waals surface area contributed by atoms with Gasteiger partial charge in [-0.15, -0.1) is 0 Å². The van der Waals surface area contributed by atoms with Crippen molar-refractivity contribution in [3.8, 4) is 0 Å². The van der Waals surface area contributed by atoms with Crippen LogP contribution in [-0.4, -0.2) is 35.6 Å². The highest BCUT2D eigenvalue weighted by atomic mass is 32.1. The zero-order valence-corrected chi connectivity index (χ0v) is 9.10. The lowest BCUT2D eigenvalue weighted by Crippen LogP contribution is -2.51. The first-order valence-electron chi connectivity index (χ1n) is 4.63. The molecular formula is C8H14N4OS. The molecule has 14 heavy (non-hydrogen) atoms. The van der Waals surface area contributed by atoms with Crippen LogP contribution in [0.1, 0.15) is 18.9 Å². The Kier molecular flexibility index (Phi) is 2.95. The molecular weight excluding hydrogens is 200 g/mol. The number of hydrogen-bond donors (Lipinski definition) is 2. The summed E-state index contributed by atoms with van der Waals surface area (Å²) in [7, 11) is 1.66. The molecule has 1 aromatic heterocycles. The van der Waals surface area contributed by atoms with E-state index in [4.69, 9.17) is 4.74 Å². The van der Waals surface area contributed by atoms with Gasteiger partial charge in [-0.05, 0) is 6.92 Å². The second-order valence-electron chi connectivity index (χ2n) is 3.34. The van der Waals surface area contributed by atoms with Crippen LogP contribution in [0.25, 0.3) is 0 Å². The molecule has 2 rings (SSSR count). The van der Waals surface area contributed by atoms with Gasteiger partial charge in [-0.25, -0.2) is 4.98 Å². The second-order valence-corrected chi connectivity index (χ2v) is 4.09. The number of methoxy groups -OCH3 is 1. The molecule has 0 amide bonds. The van der Waals surface area contributed by atoms with Crippen molar-refractivity contribution in [2.75, 3.05) is 25.5 Å². The summed E-state index contributed by atoms with van der Waals surface area (Å²) in [4.78, 5) is 4.35. The number of hydrogen-bond acceptors (Lipinski definition) is 6. The van der Waals surface area contributed by atoms with Crippen LogP contribution in [-0.2, 0) is 4.74 Å². The number of nitrogens with zero attached hydrogens (tertiary/aromatic N) is 2. The highest BCUT2D eigenvalue weighted by molar-refractivity contribution is 7.09. The summed E-state index contributed by atoms with van der Waals surface area (Å²) in [6.45, 7) is 3.96. The molecule has 0 radical (unpaired) electrons. The standard InChI is InChI=1S/C8H14N4OS/c1-5(13-2)7-11-8(14-12-7)10-6-3-9-4-6/h5-6,9H,3-4H2,1-2H3,(H,10,11,12). The molecule has 1 atom stereocenters. The molecule has 0 bridgehead atoms. The van der Waals surface area contributed by atoms with Gasteiger partial charge in [0.25, 0.3) is 0 Å². The van der Waals surface area contributed by atoms with Crippen LogP contribution < -0.4 is 10.6 Å². The van der Waals surface area contributed by atoms with Gasteiger partial charge in [-0.3, -0.25) is 0 Å². The zero-order chi connectivity index (χ0) is 9.97. The van der Waals surface area contributed by atoms with Crippen molar-refractivity contribution in [1.29, 1.82) is 0 Å². The van der Waals surface area contributed by atoms with E-state index in [0.717, 1.165) is 24.0 Å². The molecule has 1 unspecified atom stereocenters. The Morgan fingerprint density at radius 3 is 3.00 bits per heavy atom. The largest absolute Gasteiger partial charge is 0.374 e. The molecule has 0 aliphatic carbocycles. The Hall–Kier alpha value is -0.720. The van der Waals surface area contributed by atoms with E-state index in [1.165, 1.54) is 11.5 Å². The normalized spacial score (nSPS) is 19.0. The average Bonchev–Trinajstić information content (AvgIpc) is 2.58. The van der Waals surface area contributed by atoms with Crippen LogP contribution in [0.4, 0.5) is 5.13 Å². The van der Waals surface area contributed by atoms with Crippen molar-refractivity contribution in [3.05, 3.63) is 5.82 Å². The molecule has 1 saturated heterocycles. The van der Waals surface area contributed by atoms with Gasteiger partial charge in [0, 0.05) is 31.7 Å². The quantitative estimate of drug-likeness (QED) is 0.770. The van der Waals surface area contributed by atoms with Crippen LogP contribution in [0, 0.1) is 0 Å². The van der Waals surface area contributed by atoms with E-state index in [1.54, 1.807) is 7.11 Å². The van der Waals surface area contributed by atoms with Crippen molar-refractivity contribution >= 4 is 16.7 Å². The summed E-state index contributed by atoms with van der Waals surface area (Å²) in [6.07, 6.45) is -0.0266. The van der Waals surface area contributed by atoms with E-state index in [-0.39, 0.29) is 6.10 Å². The van der Waals surface area contributed by atoms with E-state index in [1.807, 2.05) is 6.92 Å². The minimum Gasteiger partial charge on any atom is -0.374 e. The maximum absolute atomic E-state index is 5.14. The molecule has 0 saturated carbocycles. The van der Waals surface area contributed by atoms with Gasteiger partial charge in [-0.2, -0.15) is 4.37 Å². The van der Waals surface area contributed by atoms with Gasteiger partial charge in [0.1, 0.15) is 6.10 Å². The summed E-state index contributed by atoms with van der Waals surface area (Å²) in [6, 6.07) is 0.508. The van der Waals surface area contributed by atoms with Crippen molar-refractivity contribution in [1.82, 2.24) is 14.7 Å². The number of anilines is 1. The minimum absolute atomic E-state index is 0.0266. The summed E-state index contributed by atoms with van der Waals surface area (Å²) < 4.78 is 9.36. The van der Waals surface area contributed by atoms with E-state index in [9.17, 15) is 0 Å². The van der Waals surface area contributed by atoms with Crippen LogP contribution in [0.5, 0.6) is 0 Å². The van der Waals surface area contributed by atoms with Gasteiger partial charge < -0.3 is 15.4 Å². The summed E-state index contributed by atoms with van der Waals surface area (Å²) in [5.74, 6) is 0.757. The van der Waals surface area contributed by atoms with E-state index in [0.29, 0.717) is 6.04 Å². The summed E-state index contributed by atoms with van der Waals surface area (Å²) in [5.41, 5.74) is 0. The molecule has 1 aromatic rings. The van der Waals surface area contributed by atoms with Crippen LogP contribution >= 0.6 is 11.5 Å². The maximum atomic E-state index is 5.14. The van der Waals surface area contributed by atoms with Gasteiger partial charge in [0.2, 0.25) is 5.13 Å². The number of aromatic nitrogens is 2. The number of ether oxygens (including phenoxy) is 1. The third-order valence-corrected chi connectivity index (χ3v) is 2.93. The van der Waals surface area contributed by atoms with Crippen molar-refractivity contribution in [2.45, 2.75) is 19.1 Å². The molecule has 5 nitrogen and oxygen atoms in total. The highest BCUT2D eigenvalue weighted by Crippen LogP contribution is 2.19. The highest BCUT2D eigenvalue weighted by Gasteiger charge is 2.18. The Morgan fingerprint density at radius 2 is 2.43 bits per heavy atom. The molecule has 1 aliphatic rings. The van der Waals surface area contributed by atoms with Gasteiger partial charge >= 0.3 is 0 Å². The van der Waals surface area contributed by atoms with E-state index < -0.39 is 0 Å². The molecule has 2 N–H and O–H groups in total. The molecule has 0 spiro atoms. The smallest absolute Gasteiger partial charge is 0.202 e. The Labute approximate surface area is 87.0 Å². The molecule has 1 fully saturated rings. The number of rotatable bonds is 4. The Morgan fingerprint density at radius 1 is 1.64 bits per heavy atom. The zero-order valence-electron chi connectivity index (χ0n) is 8.28. The average molecular weight is 214 g/mol. The van der Waals surface area contributed by atoms with E-state index >= 15 is 0 Å². The Balaban J connectivity index is 1.94. The van der Waals surface area contributed by atoms with Crippen LogP contribution in [0.2, 0.25) is 0 Å². The van der Waals surface area contributed by atoms with Gasteiger partial charge in [-0.1, -0.05) is 0 Å². The predicted molar refractivity (Wildman–Crippen MR) is 55.6 cm³/mol. The molecule has 0 aromatic carbocycles. The minimum atomic E-state index is -0.0266. The van der Waals surface area contributed by atoms with Crippen molar-refractivity contribution in [2.24, 2.45) is 0 Å². The predicted octanol–water partition coefficient (Wildman–Crippen LogP) is 0.629. The Bertz CT molecular complexity index is 299. The molecule has 1 aliphatic heterocycles. The maximum Gasteiger partial charge on any atom is 0.202 e. The molecule has 6 heteroatoms. The van der Waals surface area contributed by atoms with Crippen LogP contribution in [0.3, 0.4) is 0 Å². The SMILES string of the molecule is COC(C)c1nsc(NC2CNC2)n1. The fourth-order valence-corrected chi connectivity index (χ4v) is 1.85. The fourth-order valence-electron chi connectivity index (χ4n) is 1.13. The first-order chi connectivity index (χ1) is 6.79.